The van der Waals surface area contributed by atoms with Crippen molar-refractivity contribution in [2.45, 2.75) is 0 Å². The van der Waals surface area contributed by atoms with Crippen LogP contribution in [0, 0.1) is 6.42 Å². The molecular weight excluding hydrogens is 504 g/mol. The Morgan fingerprint density at radius 1 is 0.400 bits per heavy atom. The van der Waals surface area contributed by atoms with Gasteiger partial charge in [0.1, 0.15) is 0 Å². The zero-order valence-electron chi connectivity index (χ0n) is 13.8. The monoisotopic (exact) mass is 524 g/mol. The molecule has 0 heterocycles. The average molecular weight is 524 g/mol. The zero-order chi connectivity index (χ0) is 16.5. The summed E-state index contributed by atoms with van der Waals surface area (Å²) in [6.45, 7) is 0. The molecule has 0 unspecified atom stereocenters. The van der Waals surface area contributed by atoms with Crippen LogP contribution in [0.1, 0.15) is 0 Å². The van der Waals surface area contributed by atoms with Crippen LogP contribution in [0.25, 0.3) is 0 Å². The van der Waals surface area contributed by atoms with Crippen LogP contribution in [0.3, 0.4) is 0 Å². The van der Waals surface area contributed by atoms with Crippen molar-refractivity contribution in [2.75, 3.05) is 0 Å². The molecule has 1 aliphatic carbocycles. The molecule has 0 N–H and O–H groups in total. The van der Waals surface area contributed by atoms with Gasteiger partial charge in [-0.25, -0.2) is 0 Å². The van der Waals surface area contributed by atoms with E-state index in [0.717, 1.165) is 0 Å². The van der Waals surface area contributed by atoms with E-state index in [-0.39, 0.29) is 22.4 Å². The van der Waals surface area contributed by atoms with Crippen LogP contribution >= 0.6 is 7.92 Å². The van der Waals surface area contributed by atoms with Crippen LogP contribution in [0.2, 0.25) is 0 Å². The van der Waals surface area contributed by atoms with E-state index in [4.69, 9.17) is 0 Å². The molecule has 4 rings (SSSR count). The summed E-state index contributed by atoms with van der Waals surface area (Å²) in [4.78, 5) is 0. The zero-order valence-corrected chi connectivity index (χ0v) is 16.9. The second kappa shape index (κ2) is 11.0. The van der Waals surface area contributed by atoms with Crippen LogP contribution in [0.15, 0.2) is 115 Å². The first-order valence-corrected chi connectivity index (χ1v) is 9.41. The fourth-order valence-corrected chi connectivity index (χ4v) is 4.80. The van der Waals surface area contributed by atoms with Gasteiger partial charge in [0.15, 0.2) is 0 Å². The summed E-state index contributed by atoms with van der Waals surface area (Å²) < 4.78 is 0. The van der Waals surface area contributed by atoms with Crippen LogP contribution < -0.4 is 15.9 Å². The molecule has 3 aromatic carbocycles. The van der Waals surface area contributed by atoms with Crippen molar-refractivity contribution in [3.05, 3.63) is 122 Å². The third kappa shape index (κ3) is 5.96. The summed E-state index contributed by atoms with van der Waals surface area (Å²) >= 11 is 0. The number of hydrogen-bond acceptors (Lipinski definition) is 0. The minimum absolute atomic E-state index is 0. The number of rotatable bonds is 3. The molecule has 0 saturated carbocycles. The molecule has 3 aromatic rings. The van der Waals surface area contributed by atoms with Crippen LogP contribution in [-0.2, 0) is 22.4 Å². The van der Waals surface area contributed by atoms with E-state index in [1.165, 1.54) is 15.9 Å². The molecule has 0 spiro atoms. The van der Waals surface area contributed by atoms with Crippen LogP contribution in [0.4, 0.5) is 0 Å². The Morgan fingerprint density at radius 3 is 0.960 bits per heavy atom. The molecule has 0 fully saturated rings. The molecule has 1 aliphatic rings. The Labute approximate surface area is 167 Å². The molecule has 0 bridgehead atoms. The van der Waals surface area contributed by atoms with Crippen molar-refractivity contribution in [3.8, 4) is 0 Å². The first-order valence-electron chi connectivity index (χ1n) is 8.07. The Morgan fingerprint density at radius 2 is 0.720 bits per heavy atom. The van der Waals surface area contributed by atoms with Gasteiger partial charge in [-0.3, -0.25) is 0 Å². The third-order valence-corrected chi connectivity index (χ3v) is 6.04. The van der Waals surface area contributed by atoms with E-state index in [0.29, 0.717) is 0 Å². The summed E-state index contributed by atoms with van der Waals surface area (Å²) in [6.07, 6.45) is 10.0. The molecule has 0 amide bonds. The maximum absolute atomic E-state index is 2.23. The summed E-state index contributed by atoms with van der Waals surface area (Å²) in [5.41, 5.74) is 0. The smallest absolute Gasteiger partial charge is 0.00506 e. The number of hydrogen-bond donors (Lipinski definition) is 0. The molecule has 2 radical (unpaired) electrons. The van der Waals surface area contributed by atoms with Gasteiger partial charge in [0.25, 0.3) is 0 Å². The van der Waals surface area contributed by atoms with Crippen molar-refractivity contribution < 1.29 is 22.4 Å². The Hall–Kier alpha value is -1.69. The summed E-state index contributed by atoms with van der Waals surface area (Å²) in [5.74, 6) is 0. The largest absolute Gasteiger partial charge is 0.0767 e. The quantitative estimate of drug-likeness (QED) is 0.343. The molecular formula is C23H20AuP. The fraction of sp³-hybridized carbons (Fsp3) is 0. The van der Waals surface area contributed by atoms with Crippen molar-refractivity contribution in [1.82, 2.24) is 0 Å². The van der Waals surface area contributed by atoms with Gasteiger partial charge in [-0.2, -0.15) is 0 Å². The summed E-state index contributed by atoms with van der Waals surface area (Å²) in [6, 6.07) is 32.3. The maximum atomic E-state index is 2.23. The van der Waals surface area contributed by atoms with Gasteiger partial charge in [-0.15, -0.1) is 0 Å². The molecule has 0 saturated heterocycles. The third-order valence-electron chi connectivity index (χ3n) is 3.60. The van der Waals surface area contributed by atoms with Crippen molar-refractivity contribution in [2.24, 2.45) is 0 Å². The number of benzene rings is 3. The first kappa shape index (κ1) is 19.6. The van der Waals surface area contributed by atoms with Gasteiger partial charge in [0.05, 0.1) is 0 Å². The molecule has 25 heavy (non-hydrogen) atoms. The molecule has 0 atom stereocenters. The van der Waals surface area contributed by atoms with Gasteiger partial charge < -0.3 is 0 Å². The second-order valence-corrected chi connectivity index (χ2v) is 7.52. The molecule has 128 valence electrons. The predicted octanol–water partition coefficient (Wildman–Crippen LogP) is 4.76. The SMILES string of the molecule is [Au].[CH]1C=CC=C1.c1ccc(P(c2ccccc2)c2ccccc2)cc1. The molecule has 2 heteroatoms. The van der Waals surface area contributed by atoms with E-state index >= 15 is 0 Å². The molecule has 0 aromatic heterocycles. The maximum Gasteiger partial charge on any atom is 0.00506 e. The first-order chi connectivity index (χ1) is 11.9. The Balaban J connectivity index is 0.000000325. The average Bonchev–Trinajstić information content (AvgIpc) is 3.25. The minimum Gasteiger partial charge on any atom is -0.0767 e. The van der Waals surface area contributed by atoms with E-state index in [2.05, 4.69) is 91.0 Å². The second-order valence-electron chi connectivity index (χ2n) is 5.30. The summed E-state index contributed by atoms with van der Waals surface area (Å²) in [7, 11) is -0.446. The van der Waals surface area contributed by atoms with Gasteiger partial charge in [0.2, 0.25) is 0 Å². The van der Waals surface area contributed by atoms with Crippen LogP contribution in [-0.4, -0.2) is 0 Å². The van der Waals surface area contributed by atoms with Gasteiger partial charge in [-0.1, -0.05) is 115 Å². The number of allylic oxidation sites excluding steroid dienone is 4. The molecule has 0 aliphatic heterocycles. The van der Waals surface area contributed by atoms with Crippen molar-refractivity contribution in [1.29, 1.82) is 0 Å². The van der Waals surface area contributed by atoms with Crippen LogP contribution in [0.5, 0.6) is 0 Å². The van der Waals surface area contributed by atoms with Crippen molar-refractivity contribution >= 4 is 23.8 Å². The standard InChI is InChI=1S/C18H15P.C5H5.Au/c1-4-10-16(11-5-1)19(17-12-6-2-7-13-17)18-14-8-3-9-15-18;1-2-4-5-3-1;/h1-15H;1-5H;. The van der Waals surface area contributed by atoms with E-state index in [9.17, 15) is 0 Å². The van der Waals surface area contributed by atoms with Gasteiger partial charge in [0, 0.05) is 28.8 Å². The topological polar surface area (TPSA) is 0 Å². The predicted molar refractivity (Wildman–Crippen MR) is 108 cm³/mol. The Kier molecular flexibility index (Phi) is 8.66. The van der Waals surface area contributed by atoms with E-state index in [1.807, 2.05) is 30.7 Å². The van der Waals surface area contributed by atoms with Crippen molar-refractivity contribution in [3.63, 3.8) is 0 Å². The minimum atomic E-state index is -0.446. The normalized spacial score (nSPS) is 11.6. The van der Waals surface area contributed by atoms with E-state index in [1.54, 1.807) is 0 Å². The fourth-order valence-electron chi connectivity index (χ4n) is 2.50. The van der Waals surface area contributed by atoms with Gasteiger partial charge in [-0.05, 0) is 23.8 Å². The van der Waals surface area contributed by atoms with Gasteiger partial charge >= 0.3 is 0 Å². The Bertz CT molecular complexity index is 676. The summed E-state index contributed by atoms with van der Waals surface area (Å²) in [5, 5.41) is 4.19. The molecule has 0 nitrogen and oxygen atoms in total. The van der Waals surface area contributed by atoms with E-state index < -0.39 is 7.92 Å².